The summed E-state index contributed by atoms with van der Waals surface area (Å²) in [7, 11) is 0. The van der Waals surface area contributed by atoms with Crippen LogP contribution in [0.3, 0.4) is 0 Å². The fraction of sp³-hybridized carbons (Fsp3) is 0.391. The summed E-state index contributed by atoms with van der Waals surface area (Å²) in [6, 6.07) is 12.8. The second kappa shape index (κ2) is 12.5. The van der Waals surface area contributed by atoms with Gasteiger partial charge in [-0.3, -0.25) is 19.7 Å². The van der Waals surface area contributed by atoms with E-state index in [1.54, 1.807) is 36.1 Å². The zero-order valence-corrected chi connectivity index (χ0v) is 20.0. The molecule has 0 saturated heterocycles. The van der Waals surface area contributed by atoms with E-state index in [4.69, 9.17) is 11.6 Å². The van der Waals surface area contributed by atoms with Gasteiger partial charge in [0.2, 0.25) is 11.8 Å². The Hall–Kier alpha value is -2.58. The number of nitro groups is 1. The molecule has 1 N–H and O–H groups in total. The van der Waals surface area contributed by atoms with E-state index in [1.807, 2.05) is 26.0 Å². The number of nitro benzene ring substituents is 1. The molecule has 0 bridgehead atoms. The number of carbonyl (C=O) groups excluding carboxylic acids is 2. The number of non-ortho nitro benzene ring substituents is 1. The minimum atomic E-state index is -0.632. The van der Waals surface area contributed by atoms with Crippen LogP contribution in [0.4, 0.5) is 5.69 Å². The highest BCUT2D eigenvalue weighted by Gasteiger charge is 2.26. The van der Waals surface area contributed by atoms with Crippen LogP contribution in [0.5, 0.6) is 0 Å². The number of hydrogen-bond donors (Lipinski definition) is 1. The Labute approximate surface area is 197 Å². The molecule has 2 atom stereocenters. The summed E-state index contributed by atoms with van der Waals surface area (Å²) in [4.78, 5) is 37.7. The third kappa shape index (κ3) is 7.84. The SMILES string of the molecule is CC[C@H](C)NC(=O)[C@H](C)N(Cc1ccc(Cl)cc1)C(=O)CSCc1ccc([N+](=O)[O-])cc1. The maximum atomic E-state index is 13.1. The van der Waals surface area contributed by atoms with Gasteiger partial charge in [-0.25, -0.2) is 0 Å². The molecule has 0 aromatic heterocycles. The van der Waals surface area contributed by atoms with Gasteiger partial charge in [0.25, 0.3) is 5.69 Å². The summed E-state index contributed by atoms with van der Waals surface area (Å²) in [5.74, 6) is 0.373. The van der Waals surface area contributed by atoms with Gasteiger partial charge in [0.15, 0.2) is 0 Å². The van der Waals surface area contributed by atoms with Gasteiger partial charge >= 0.3 is 0 Å². The zero-order valence-electron chi connectivity index (χ0n) is 18.4. The molecule has 9 heteroatoms. The Balaban J connectivity index is 2.05. The number of rotatable bonds is 11. The molecule has 0 aliphatic rings. The Morgan fingerprint density at radius 2 is 1.69 bits per heavy atom. The van der Waals surface area contributed by atoms with Crippen LogP contribution in [0.1, 0.15) is 38.3 Å². The number of carbonyl (C=O) groups is 2. The molecule has 0 radical (unpaired) electrons. The van der Waals surface area contributed by atoms with Crippen LogP contribution in [0.2, 0.25) is 5.02 Å². The van der Waals surface area contributed by atoms with Crippen molar-refractivity contribution in [3.8, 4) is 0 Å². The van der Waals surface area contributed by atoms with E-state index in [0.29, 0.717) is 17.3 Å². The smallest absolute Gasteiger partial charge is 0.269 e. The maximum Gasteiger partial charge on any atom is 0.269 e. The maximum absolute atomic E-state index is 13.1. The minimum absolute atomic E-state index is 0.0222. The van der Waals surface area contributed by atoms with Crippen LogP contribution < -0.4 is 5.32 Å². The first-order valence-corrected chi connectivity index (χ1v) is 11.9. The average molecular weight is 478 g/mol. The molecule has 2 aromatic carbocycles. The Kier molecular flexibility index (Phi) is 9.99. The molecular weight excluding hydrogens is 450 g/mol. The molecule has 2 rings (SSSR count). The van der Waals surface area contributed by atoms with Crippen molar-refractivity contribution in [3.63, 3.8) is 0 Å². The highest BCUT2D eigenvalue weighted by Crippen LogP contribution is 2.19. The van der Waals surface area contributed by atoms with Crippen molar-refractivity contribution in [2.75, 3.05) is 5.75 Å². The Morgan fingerprint density at radius 1 is 1.09 bits per heavy atom. The van der Waals surface area contributed by atoms with Gasteiger partial charge in [0.05, 0.1) is 10.7 Å². The van der Waals surface area contributed by atoms with E-state index in [0.717, 1.165) is 17.5 Å². The fourth-order valence-corrected chi connectivity index (χ4v) is 3.88. The van der Waals surface area contributed by atoms with Crippen molar-refractivity contribution in [1.29, 1.82) is 0 Å². The van der Waals surface area contributed by atoms with Crippen molar-refractivity contribution >= 4 is 40.9 Å². The van der Waals surface area contributed by atoms with Crippen molar-refractivity contribution in [2.45, 2.75) is 51.6 Å². The third-order valence-electron chi connectivity index (χ3n) is 5.08. The van der Waals surface area contributed by atoms with E-state index >= 15 is 0 Å². The summed E-state index contributed by atoms with van der Waals surface area (Å²) in [5, 5.41) is 14.3. The van der Waals surface area contributed by atoms with E-state index < -0.39 is 11.0 Å². The summed E-state index contributed by atoms with van der Waals surface area (Å²) < 4.78 is 0. The number of thioether (sulfide) groups is 1. The molecule has 0 fully saturated rings. The second-order valence-electron chi connectivity index (χ2n) is 7.56. The van der Waals surface area contributed by atoms with Crippen LogP contribution in [-0.2, 0) is 21.9 Å². The number of halogens is 1. The van der Waals surface area contributed by atoms with Crippen molar-refractivity contribution < 1.29 is 14.5 Å². The third-order valence-corrected chi connectivity index (χ3v) is 6.32. The minimum Gasteiger partial charge on any atom is -0.352 e. The average Bonchev–Trinajstić information content (AvgIpc) is 2.78. The lowest BCUT2D eigenvalue weighted by molar-refractivity contribution is -0.384. The molecule has 0 aliphatic heterocycles. The van der Waals surface area contributed by atoms with Crippen molar-refractivity contribution in [1.82, 2.24) is 10.2 Å². The normalized spacial score (nSPS) is 12.6. The van der Waals surface area contributed by atoms with Gasteiger partial charge in [-0.05, 0) is 43.5 Å². The number of nitrogens with zero attached hydrogens (tertiary/aromatic N) is 2. The van der Waals surface area contributed by atoms with Gasteiger partial charge in [0.1, 0.15) is 6.04 Å². The second-order valence-corrected chi connectivity index (χ2v) is 8.98. The number of nitrogens with one attached hydrogen (secondary N) is 1. The highest BCUT2D eigenvalue weighted by molar-refractivity contribution is 7.99. The summed E-state index contributed by atoms with van der Waals surface area (Å²) in [5.41, 5.74) is 1.80. The Bertz CT molecular complexity index is 922. The van der Waals surface area contributed by atoms with Crippen LogP contribution in [-0.4, -0.2) is 39.5 Å². The lowest BCUT2D eigenvalue weighted by Crippen LogP contribution is -2.50. The molecule has 2 amide bonds. The van der Waals surface area contributed by atoms with E-state index in [-0.39, 0.29) is 29.3 Å². The summed E-state index contributed by atoms with van der Waals surface area (Å²) in [6.07, 6.45) is 0.800. The monoisotopic (exact) mass is 477 g/mol. The van der Waals surface area contributed by atoms with Crippen molar-refractivity contribution in [3.05, 3.63) is 74.8 Å². The molecular formula is C23H28ClN3O4S. The van der Waals surface area contributed by atoms with Gasteiger partial charge < -0.3 is 10.2 Å². The lowest BCUT2D eigenvalue weighted by atomic mass is 10.1. The molecule has 32 heavy (non-hydrogen) atoms. The lowest BCUT2D eigenvalue weighted by Gasteiger charge is -2.29. The molecule has 2 aromatic rings. The first kappa shape index (κ1) is 25.7. The van der Waals surface area contributed by atoms with E-state index in [1.165, 1.54) is 23.9 Å². The number of hydrogen-bond acceptors (Lipinski definition) is 5. The number of amides is 2. The molecule has 0 unspecified atom stereocenters. The number of benzene rings is 2. The predicted molar refractivity (Wildman–Crippen MR) is 129 cm³/mol. The highest BCUT2D eigenvalue weighted by atomic mass is 35.5. The standard InChI is InChI=1S/C23H28ClN3O4S/c1-4-16(2)25-23(29)17(3)26(13-18-5-9-20(24)10-6-18)22(28)15-32-14-19-7-11-21(12-8-19)27(30)31/h5-12,16-17H,4,13-15H2,1-3H3,(H,25,29)/t16-,17-/m0/s1. The fourth-order valence-electron chi connectivity index (χ4n) is 2.89. The predicted octanol–water partition coefficient (Wildman–Crippen LogP) is 4.81. The molecule has 0 saturated carbocycles. The van der Waals surface area contributed by atoms with Crippen LogP contribution in [0.15, 0.2) is 48.5 Å². The quantitative estimate of drug-likeness (QED) is 0.370. The van der Waals surface area contributed by atoms with Crippen LogP contribution >= 0.6 is 23.4 Å². The van der Waals surface area contributed by atoms with E-state index in [2.05, 4.69) is 5.32 Å². The van der Waals surface area contributed by atoms with Crippen molar-refractivity contribution in [2.24, 2.45) is 0 Å². The van der Waals surface area contributed by atoms with E-state index in [9.17, 15) is 19.7 Å². The van der Waals surface area contributed by atoms with Gasteiger partial charge in [-0.15, -0.1) is 11.8 Å². The first-order chi connectivity index (χ1) is 15.2. The van der Waals surface area contributed by atoms with Gasteiger partial charge in [-0.2, -0.15) is 0 Å². The molecule has 0 heterocycles. The molecule has 0 aliphatic carbocycles. The molecule has 7 nitrogen and oxygen atoms in total. The first-order valence-electron chi connectivity index (χ1n) is 10.4. The summed E-state index contributed by atoms with van der Waals surface area (Å²) in [6.45, 7) is 5.94. The van der Waals surface area contributed by atoms with Gasteiger partial charge in [-0.1, -0.05) is 42.8 Å². The molecule has 0 spiro atoms. The van der Waals surface area contributed by atoms with Crippen LogP contribution in [0.25, 0.3) is 0 Å². The summed E-state index contributed by atoms with van der Waals surface area (Å²) >= 11 is 7.37. The van der Waals surface area contributed by atoms with Crippen LogP contribution in [0, 0.1) is 10.1 Å². The largest absolute Gasteiger partial charge is 0.352 e. The molecule has 172 valence electrons. The Morgan fingerprint density at radius 3 is 2.25 bits per heavy atom. The van der Waals surface area contributed by atoms with Gasteiger partial charge in [0, 0.05) is 35.5 Å². The topological polar surface area (TPSA) is 92.6 Å². The zero-order chi connectivity index (χ0) is 23.7.